The third-order valence-electron chi connectivity index (χ3n) is 2.15. The topological polar surface area (TPSA) is 32.3 Å². The van der Waals surface area contributed by atoms with Crippen molar-refractivity contribution in [2.24, 2.45) is 0 Å². The molecular weight excluding hydrogens is 218 g/mol. The monoisotopic (exact) mass is 227 g/mol. The minimum Gasteiger partial charge on any atom is -0.394 e. The lowest BCUT2D eigenvalue weighted by atomic mass is 10.1. The van der Waals surface area contributed by atoms with Gasteiger partial charge < -0.3 is 10.4 Å². The number of nitrogens with one attached hydrogen (secondary N) is 1. The fourth-order valence-electron chi connectivity index (χ4n) is 1.53. The fraction of sp³-hybridized carbons (Fsp3) is 0.333. The molecule has 2 rings (SSSR count). The Hall–Kier alpha value is -0.540. The van der Waals surface area contributed by atoms with Gasteiger partial charge in [0.2, 0.25) is 0 Å². The van der Waals surface area contributed by atoms with Crippen molar-refractivity contribution in [2.75, 3.05) is 11.9 Å². The molecule has 0 spiro atoms. The van der Waals surface area contributed by atoms with Crippen LogP contribution in [0.5, 0.6) is 0 Å². The van der Waals surface area contributed by atoms with Crippen molar-refractivity contribution < 1.29 is 5.11 Å². The van der Waals surface area contributed by atoms with Gasteiger partial charge in [-0.05, 0) is 24.1 Å². The largest absolute Gasteiger partial charge is 0.394 e. The minimum absolute atomic E-state index is 0.193. The summed E-state index contributed by atoms with van der Waals surface area (Å²) in [5, 5.41) is 12.2. The highest BCUT2D eigenvalue weighted by Gasteiger charge is 2.20. The Balaban J connectivity index is 2.35. The number of rotatable bonds is 1. The van der Waals surface area contributed by atoms with Gasteiger partial charge in [-0.2, -0.15) is 0 Å². The first-order valence-corrected chi connectivity index (χ1v) is 4.75. The van der Waals surface area contributed by atoms with Crippen LogP contribution < -0.4 is 5.32 Å². The average Bonchev–Trinajstić information content (AvgIpc) is 2.49. The fourth-order valence-corrected chi connectivity index (χ4v) is 2.06. The molecule has 1 aromatic rings. The van der Waals surface area contributed by atoms with E-state index in [0.717, 1.165) is 16.6 Å². The summed E-state index contributed by atoms with van der Waals surface area (Å²) < 4.78 is 1.13. The predicted octanol–water partition coefficient (Wildman–Crippen LogP) is 1.78. The number of hydrogen-bond donors (Lipinski definition) is 2. The molecule has 0 aromatic heterocycles. The van der Waals surface area contributed by atoms with E-state index in [1.165, 1.54) is 5.56 Å². The molecule has 1 aromatic carbocycles. The van der Waals surface area contributed by atoms with Gasteiger partial charge in [-0.1, -0.05) is 22.0 Å². The summed E-state index contributed by atoms with van der Waals surface area (Å²) in [5.41, 5.74) is 2.42. The maximum Gasteiger partial charge on any atom is 0.0636 e. The van der Waals surface area contributed by atoms with Gasteiger partial charge in [0, 0.05) is 10.2 Å². The quantitative estimate of drug-likeness (QED) is 0.767. The van der Waals surface area contributed by atoms with Crippen LogP contribution in [0.25, 0.3) is 0 Å². The minimum atomic E-state index is 0.193. The predicted molar refractivity (Wildman–Crippen MR) is 52.3 cm³/mol. The van der Waals surface area contributed by atoms with Crippen LogP contribution in [-0.2, 0) is 6.42 Å². The molecule has 1 heterocycles. The molecule has 3 heteroatoms. The lowest BCUT2D eigenvalue weighted by Crippen LogP contribution is -2.19. The van der Waals surface area contributed by atoms with E-state index >= 15 is 0 Å². The van der Waals surface area contributed by atoms with Gasteiger partial charge in [-0.3, -0.25) is 0 Å². The Kier molecular flexibility index (Phi) is 2.07. The standard InChI is InChI=1S/C9H10BrNO/c10-8-2-1-3-9-7(8)4-6(5-12)11-9/h1-3,6,11-12H,4-5H2/t6-/m0/s1. The first-order chi connectivity index (χ1) is 5.81. The van der Waals surface area contributed by atoms with Crippen LogP contribution in [0.2, 0.25) is 0 Å². The molecule has 12 heavy (non-hydrogen) atoms. The van der Waals surface area contributed by atoms with Crippen molar-refractivity contribution in [2.45, 2.75) is 12.5 Å². The average molecular weight is 228 g/mol. The highest BCUT2D eigenvalue weighted by molar-refractivity contribution is 9.10. The zero-order chi connectivity index (χ0) is 8.55. The number of benzene rings is 1. The molecule has 2 N–H and O–H groups in total. The summed E-state index contributed by atoms with van der Waals surface area (Å²) in [7, 11) is 0. The molecule has 0 bridgehead atoms. The van der Waals surface area contributed by atoms with Gasteiger partial charge in [-0.15, -0.1) is 0 Å². The van der Waals surface area contributed by atoms with Gasteiger partial charge in [0.15, 0.2) is 0 Å². The van der Waals surface area contributed by atoms with E-state index in [1.807, 2.05) is 18.2 Å². The Morgan fingerprint density at radius 3 is 3.08 bits per heavy atom. The van der Waals surface area contributed by atoms with Gasteiger partial charge in [0.1, 0.15) is 0 Å². The van der Waals surface area contributed by atoms with Gasteiger partial charge in [-0.25, -0.2) is 0 Å². The molecule has 0 fully saturated rings. The molecule has 0 saturated heterocycles. The molecule has 0 unspecified atom stereocenters. The van der Waals surface area contributed by atoms with E-state index < -0.39 is 0 Å². The first-order valence-electron chi connectivity index (χ1n) is 3.96. The number of anilines is 1. The van der Waals surface area contributed by atoms with Crippen LogP contribution in [0.4, 0.5) is 5.69 Å². The second-order valence-electron chi connectivity index (χ2n) is 2.99. The van der Waals surface area contributed by atoms with Crippen molar-refractivity contribution in [1.82, 2.24) is 0 Å². The third kappa shape index (κ3) is 1.23. The summed E-state index contributed by atoms with van der Waals surface area (Å²) in [6.45, 7) is 0.196. The van der Waals surface area contributed by atoms with Crippen molar-refractivity contribution >= 4 is 21.6 Å². The van der Waals surface area contributed by atoms with Crippen LogP contribution in [0.1, 0.15) is 5.56 Å². The molecule has 2 nitrogen and oxygen atoms in total. The SMILES string of the molecule is OC[C@@H]1Cc2c(Br)cccc2N1. The van der Waals surface area contributed by atoms with E-state index in [1.54, 1.807) is 0 Å². The van der Waals surface area contributed by atoms with Crippen molar-refractivity contribution in [3.05, 3.63) is 28.2 Å². The molecule has 0 aliphatic carbocycles. The van der Waals surface area contributed by atoms with Gasteiger partial charge in [0.05, 0.1) is 12.6 Å². The summed E-state index contributed by atoms with van der Waals surface area (Å²) >= 11 is 3.48. The summed E-state index contributed by atoms with van der Waals surface area (Å²) in [4.78, 5) is 0. The number of aliphatic hydroxyl groups is 1. The Labute approximate surface area is 79.7 Å². The third-order valence-corrected chi connectivity index (χ3v) is 2.89. The van der Waals surface area contributed by atoms with E-state index in [2.05, 4.69) is 21.2 Å². The van der Waals surface area contributed by atoms with E-state index in [4.69, 9.17) is 5.11 Å². The van der Waals surface area contributed by atoms with Crippen LogP contribution in [0.3, 0.4) is 0 Å². The molecule has 0 radical (unpaired) electrons. The lowest BCUT2D eigenvalue weighted by Gasteiger charge is -2.04. The van der Waals surface area contributed by atoms with Gasteiger partial charge >= 0.3 is 0 Å². The van der Waals surface area contributed by atoms with E-state index in [0.29, 0.717) is 0 Å². The summed E-state index contributed by atoms with van der Waals surface area (Å²) in [5.74, 6) is 0. The lowest BCUT2D eigenvalue weighted by molar-refractivity contribution is 0.277. The number of fused-ring (bicyclic) bond motifs is 1. The first kappa shape index (κ1) is 8.08. The van der Waals surface area contributed by atoms with Crippen LogP contribution in [0, 0.1) is 0 Å². The Morgan fingerprint density at radius 2 is 2.42 bits per heavy atom. The maximum atomic E-state index is 8.95. The zero-order valence-electron chi connectivity index (χ0n) is 6.55. The summed E-state index contributed by atoms with van der Waals surface area (Å²) in [6, 6.07) is 6.25. The Bertz CT molecular complexity index is 301. The number of hydrogen-bond acceptors (Lipinski definition) is 2. The van der Waals surface area contributed by atoms with Crippen molar-refractivity contribution in [1.29, 1.82) is 0 Å². The molecular formula is C9H10BrNO. The zero-order valence-corrected chi connectivity index (χ0v) is 8.13. The molecule has 1 aliphatic heterocycles. The van der Waals surface area contributed by atoms with E-state index in [9.17, 15) is 0 Å². The van der Waals surface area contributed by atoms with Crippen LogP contribution >= 0.6 is 15.9 Å². The molecule has 0 amide bonds. The molecule has 1 aliphatic rings. The van der Waals surface area contributed by atoms with Crippen LogP contribution in [0.15, 0.2) is 22.7 Å². The molecule has 1 atom stereocenters. The smallest absolute Gasteiger partial charge is 0.0636 e. The normalized spacial score (nSPS) is 20.3. The van der Waals surface area contributed by atoms with Crippen molar-refractivity contribution in [3.63, 3.8) is 0 Å². The molecule has 0 saturated carbocycles. The maximum absolute atomic E-state index is 8.95. The summed E-state index contributed by atoms with van der Waals surface area (Å²) in [6.07, 6.45) is 0.910. The van der Waals surface area contributed by atoms with Gasteiger partial charge in [0.25, 0.3) is 0 Å². The number of aliphatic hydroxyl groups excluding tert-OH is 1. The van der Waals surface area contributed by atoms with Crippen LogP contribution in [-0.4, -0.2) is 17.8 Å². The number of halogens is 1. The second-order valence-corrected chi connectivity index (χ2v) is 3.85. The molecule has 64 valence electrons. The second kappa shape index (κ2) is 3.07. The van der Waals surface area contributed by atoms with Crippen molar-refractivity contribution in [3.8, 4) is 0 Å². The van der Waals surface area contributed by atoms with E-state index in [-0.39, 0.29) is 12.6 Å². The highest BCUT2D eigenvalue weighted by atomic mass is 79.9. The highest BCUT2D eigenvalue weighted by Crippen LogP contribution is 2.31. The Morgan fingerprint density at radius 1 is 1.58 bits per heavy atom.